The molecule has 0 aliphatic rings. The van der Waals surface area contributed by atoms with Gasteiger partial charge in [-0.25, -0.2) is 0 Å². The Morgan fingerprint density at radius 3 is 2.13 bits per heavy atom. The summed E-state index contributed by atoms with van der Waals surface area (Å²) in [6, 6.07) is 10.3. The molecule has 88 valence electrons. The molecule has 0 aliphatic carbocycles. The van der Waals surface area contributed by atoms with Gasteiger partial charge in [0.2, 0.25) is 0 Å². The van der Waals surface area contributed by atoms with E-state index in [0.29, 0.717) is 6.54 Å². The number of rotatable bonds is 4. The van der Waals surface area contributed by atoms with Crippen molar-refractivity contribution in [2.24, 2.45) is 5.73 Å². The number of halogens is 2. The normalized spacial score (nSPS) is 10.1. The first kappa shape index (κ1) is 17.1. The third-order valence-corrected chi connectivity index (χ3v) is 2.12. The molecule has 0 radical (unpaired) electrons. The van der Waals surface area contributed by atoms with Crippen LogP contribution >= 0.6 is 24.8 Å². The van der Waals surface area contributed by atoms with Crippen LogP contribution in [0.5, 0.6) is 0 Å². The Morgan fingerprint density at radius 2 is 1.67 bits per heavy atom. The number of hydrogen-bond donors (Lipinski definition) is 2. The van der Waals surface area contributed by atoms with Crippen LogP contribution in [0.3, 0.4) is 0 Å². The summed E-state index contributed by atoms with van der Waals surface area (Å²) in [6.45, 7) is 5.75. The van der Waals surface area contributed by atoms with E-state index in [9.17, 15) is 0 Å². The summed E-state index contributed by atoms with van der Waals surface area (Å²) in [5, 5.41) is 3.40. The van der Waals surface area contributed by atoms with Gasteiger partial charge in [-0.1, -0.05) is 30.3 Å². The molecule has 0 amide bonds. The van der Waals surface area contributed by atoms with Crippen LogP contribution in [0.15, 0.2) is 30.3 Å². The molecule has 0 unspecified atom stereocenters. The van der Waals surface area contributed by atoms with Crippen LogP contribution in [0.1, 0.15) is 19.4 Å². The zero-order chi connectivity index (χ0) is 9.73. The Labute approximate surface area is 104 Å². The molecule has 1 aromatic rings. The number of benzene rings is 1. The molecule has 0 bridgehead atoms. The van der Waals surface area contributed by atoms with Gasteiger partial charge in [0, 0.05) is 18.6 Å². The number of hydrogen-bond acceptors (Lipinski definition) is 2. The average molecular weight is 251 g/mol. The van der Waals surface area contributed by atoms with E-state index in [1.807, 2.05) is 18.2 Å². The molecule has 0 aromatic heterocycles. The van der Waals surface area contributed by atoms with E-state index in [1.54, 1.807) is 0 Å². The van der Waals surface area contributed by atoms with Crippen molar-refractivity contribution in [3.63, 3.8) is 0 Å². The van der Waals surface area contributed by atoms with Crippen LogP contribution in [-0.4, -0.2) is 12.1 Å². The minimum absolute atomic E-state index is 0. The van der Waals surface area contributed by atoms with Crippen molar-refractivity contribution in [2.75, 3.05) is 6.54 Å². The van der Waals surface area contributed by atoms with Crippen LogP contribution in [-0.2, 0) is 6.54 Å². The van der Waals surface area contributed by atoms with Crippen molar-refractivity contribution in [1.82, 2.24) is 5.32 Å². The zero-order valence-corrected chi connectivity index (χ0v) is 10.8. The Balaban J connectivity index is 0. The van der Waals surface area contributed by atoms with Crippen LogP contribution in [0.2, 0.25) is 0 Å². The van der Waals surface area contributed by atoms with Gasteiger partial charge in [0.1, 0.15) is 0 Å². The molecule has 0 spiro atoms. The Kier molecular flexibility index (Phi) is 9.07. The third-order valence-electron chi connectivity index (χ3n) is 2.12. The predicted molar refractivity (Wildman–Crippen MR) is 70.9 cm³/mol. The predicted octanol–water partition coefficient (Wildman–Crippen LogP) is 2.36. The van der Waals surface area contributed by atoms with Crippen LogP contribution in [0, 0.1) is 0 Å². The van der Waals surface area contributed by atoms with E-state index in [2.05, 4.69) is 31.3 Å². The van der Waals surface area contributed by atoms with Gasteiger partial charge in [-0.05, 0) is 19.4 Å². The highest BCUT2D eigenvalue weighted by molar-refractivity contribution is 5.85. The van der Waals surface area contributed by atoms with Crippen molar-refractivity contribution in [3.8, 4) is 0 Å². The molecule has 2 nitrogen and oxygen atoms in total. The maximum Gasteiger partial charge on any atom is 0.0250 e. The van der Waals surface area contributed by atoms with E-state index in [1.165, 1.54) is 5.56 Å². The van der Waals surface area contributed by atoms with Crippen molar-refractivity contribution in [2.45, 2.75) is 25.9 Å². The maximum absolute atomic E-state index is 5.61. The van der Waals surface area contributed by atoms with E-state index >= 15 is 0 Å². The van der Waals surface area contributed by atoms with Gasteiger partial charge in [-0.15, -0.1) is 24.8 Å². The van der Waals surface area contributed by atoms with Gasteiger partial charge in [0.05, 0.1) is 0 Å². The van der Waals surface area contributed by atoms with Crippen LogP contribution in [0.4, 0.5) is 0 Å². The molecule has 0 fully saturated rings. The SMILES string of the molecule is CC(C)(CN)NCc1ccccc1.Cl.Cl. The number of nitrogens with one attached hydrogen (secondary N) is 1. The minimum Gasteiger partial charge on any atom is -0.329 e. The van der Waals surface area contributed by atoms with Gasteiger partial charge in [-0.2, -0.15) is 0 Å². The molecule has 1 aromatic carbocycles. The van der Waals surface area contributed by atoms with Gasteiger partial charge in [0.25, 0.3) is 0 Å². The van der Waals surface area contributed by atoms with Gasteiger partial charge >= 0.3 is 0 Å². The summed E-state index contributed by atoms with van der Waals surface area (Å²) in [6.07, 6.45) is 0. The molecule has 15 heavy (non-hydrogen) atoms. The highest BCUT2D eigenvalue weighted by Crippen LogP contribution is 2.03. The lowest BCUT2D eigenvalue weighted by molar-refractivity contribution is 0.397. The summed E-state index contributed by atoms with van der Waals surface area (Å²) in [7, 11) is 0. The summed E-state index contributed by atoms with van der Waals surface area (Å²) in [5.41, 5.74) is 6.93. The molecular formula is C11H20Cl2N2. The average Bonchev–Trinajstić information content (AvgIpc) is 2.17. The second-order valence-corrected chi connectivity index (χ2v) is 3.93. The van der Waals surface area contributed by atoms with Crippen molar-refractivity contribution in [1.29, 1.82) is 0 Å². The molecule has 1 rings (SSSR count). The topological polar surface area (TPSA) is 38.0 Å². The van der Waals surface area contributed by atoms with Crippen LogP contribution < -0.4 is 11.1 Å². The number of nitrogens with two attached hydrogens (primary N) is 1. The quantitative estimate of drug-likeness (QED) is 0.862. The molecule has 4 heteroatoms. The van der Waals surface area contributed by atoms with E-state index in [0.717, 1.165) is 6.54 Å². The first-order chi connectivity index (χ1) is 6.14. The standard InChI is InChI=1S/C11H18N2.2ClH/c1-11(2,9-12)13-8-10-6-4-3-5-7-10;;/h3-7,13H,8-9,12H2,1-2H3;2*1H. The fourth-order valence-electron chi connectivity index (χ4n) is 1.01. The van der Waals surface area contributed by atoms with Crippen molar-refractivity contribution < 1.29 is 0 Å². The molecular weight excluding hydrogens is 231 g/mol. The fraction of sp³-hybridized carbons (Fsp3) is 0.455. The van der Waals surface area contributed by atoms with Crippen molar-refractivity contribution in [3.05, 3.63) is 35.9 Å². The minimum atomic E-state index is 0. The fourth-order valence-corrected chi connectivity index (χ4v) is 1.01. The molecule has 0 atom stereocenters. The first-order valence-corrected chi connectivity index (χ1v) is 4.63. The van der Waals surface area contributed by atoms with Crippen molar-refractivity contribution >= 4 is 24.8 Å². The molecule has 3 N–H and O–H groups in total. The summed E-state index contributed by atoms with van der Waals surface area (Å²) in [5.74, 6) is 0. The third kappa shape index (κ3) is 6.74. The lowest BCUT2D eigenvalue weighted by Crippen LogP contribution is -2.45. The highest BCUT2D eigenvalue weighted by Gasteiger charge is 2.13. The van der Waals surface area contributed by atoms with Crippen LogP contribution in [0.25, 0.3) is 0 Å². The molecule has 0 saturated carbocycles. The zero-order valence-electron chi connectivity index (χ0n) is 9.19. The Morgan fingerprint density at radius 1 is 1.13 bits per heavy atom. The first-order valence-electron chi connectivity index (χ1n) is 4.63. The smallest absolute Gasteiger partial charge is 0.0250 e. The monoisotopic (exact) mass is 250 g/mol. The summed E-state index contributed by atoms with van der Waals surface area (Å²) in [4.78, 5) is 0. The molecule has 0 saturated heterocycles. The second kappa shape index (κ2) is 7.94. The molecule has 0 aliphatic heterocycles. The largest absolute Gasteiger partial charge is 0.329 e. The maximum atomic E-state index is 5.61. The second-order valence-electron chi connectivity index (χ2n) is 3.93. The Bertz CT molecular complexity index is 250. The van der Waals surface area contributed by atoms with Gasteiger partial charge in [0.15, 0.2) is 0 Å². The highest BCUT2D eigenvalue weighted by atomic mass is 35.5. The van der Waals surface area contributed by atoms with Gasteiger partial charge < -0.3 is 11.1 Å². The van der Waals surface area contributed by atoms with E-state index < -0.39 is 0 Å². The summed E-state index contributed by atoms with van der Waals surface area (Å²) < 4.78 is 0. The lowest BCUT2D eigenvalue weighted by atomic mass is 10.1. The summed E-state index contributed by atoms with van der Waals surface area (Å²) >= 11 is 0. The molecule has 0 heterocycles. The van der Waals surface area contributed by atoms with E-state index in [-0.39, 0.29) is 30.4 Å². The lowest BCUT2D eigenvalue weighted by Gasteiger charge is -2.24. The van der Waals surface area contributed by atoms with Gasteiger partial charge in [-0.3, -0.25) is 0 Å². The Hall–Kier alpha value is -0.280. The van der Waals surface area contributed by atoms with E-state index in [4.69, 9.17) is 5.73 Å².